The van der Waals surface area contributed by atoms with E-state index in [2.05, 4.69) is 5.32 Å². The zero-order chi connectivity index (χ0) is 18.0. The largest absolute Gasteiger partial charge is 0.394 e. The van der Waals surface area contributed by atoms with E-state index in [0.29, 0.717) is 51.8 Å². The van der Waals surface area contributed by atoms with Crippen molar-refractivity contribution in [1.82, 2.24) is 5.32 Å². The number of Topliss-reactive ketones (excluding diaryl/α,β-unsaturated/α-hetero) is 1. The molecule has 0 radical (unpaired) electrons. The molecule has 0 aliphatic heterocycles. The van der Waals surface area contributed by atoms with E-state index in [1.54, 1.807) is 0 Å². The molecule has 0 aromatic heterocycles. The highest BCUT2D eigenvalue weighted by atomic mass is 16.5. The van der Waals surface area contributed by atoms with Crippen LogP contribution < -0.4 is 5.32 Å². The first-order valence-electron chi connectivity index (χ1n) is 8.71. The molecular formula is C17H33NO6. The highest BCUT2D eigenvalue weighted by Crippen LogP contribution is 2.05. The maximum Gasteiger partial charge on any atom is 0.245 e. The maximum absolute atomic E-state index is 11.5. The van der Waals surface area contributed by atoms with E-state index in [9.17, 15) is 9.59 Å². The second-order valence-corrected chi connectivity index (χ2v) is 5.78. The molecule has 0 heterocycles. The van der Waals surface area contributed by atoms with Gasteiger partial charge in [-0.1, -0.05) is 20.3 Å². The average Bonchev–Trinajstić information content (AvgIpc) is 2.56. The molecule has 0 aromatic carbocycles. The van der Waals surface area contributed by atoms with Crippen LogP contribution in [0.3, 0.4) is 0 Å². The van der Waals surface area contributed by atoms with Gasteiger partial charge in [-0.2, -0.15) is 0 Å². The molecule has 24 heavy (non-hydrogen) atoms. The molecule has 0 saturated heterocycles. The molecule has 2 N–H and O–H groups in total. The van der Waals surface area contributed by atoms with Crippen LogP contribution >= 0.6 is 0 Å². The Balaban J connectivity index is 3.26. The van der Waals surface area contributed by atoms with Crippen LogP contribution in [0.2, 0.25) is 0 Å². The van der Waals surface area contributed by atoms with Crippen molar-refractivity contribution in [3.05, 3.63) is 0 Å². The lowest BCUT2D eigenvalue weighted by Gasteiger charge is -2.07. The van der Waals surface area contributed by atoms with Crippen molar-refractivity contribution in [2.45, 2.75) is 39.5 Å². The van der Waals surface area contributed by atoms with Gasteiger partial charge in [0.1, 0.15) is 12.4 Å². The van der Waals surface area contributed by atoms with Crippen LogP contribution in [-0.4, -0.2) is 69.6 Å². The monoisotopic (exact) mass is 347 g/mol. The highest BCUT2D eigenvalue weighted by molar-refractivity contribution is 5.80. The van der Waals surface area contributed by atoms with E-state index in [4.69, 9.17) is 19.3 Å². The van der Waals surface area contributed by atoms with Crippen molar-refractivity contribution >= 4 is 11.7 Å². The predicted molar refractivity (Wildman–Crippen MR) is 90.9 cm³/mol. The fourth-order valence-electron chi connectivity index (χ4n) is 1.84. The van der Waals surface area contributed by atoms with Gasteiger partial charge in [0, 0.05) is 18.9 Å². The molecule has 0 fully saturated rings. The summed E-state index contributed by atoms with van der Waals surface area (Å²) >= 11 is 0. The summed E-state index contributed by atoms with van der Waals surface area (Å²) in [5.41, 5.74) is 0. The number of hydrogen-bond acceptors (Lipinski definition) is 6. The number of carbonyl (C=O) groups excluding carboxylic acids is 2. The summed E-state index contributed by atoms with van der Waals surface area (Å²) in [5, 5.41) is 11.3. The molecule has 0 saturated carbocycles. The summed E-state index contributed by atoms with van der Waals surface area (Å²) in [4.78, 5) is 22.9. The summed E-state index contributed by atoms with van der Waals surface area (Å²) in [6.07, 6.45) is 3.31. The Bertz CT molecular complexity index is 322. The Morgan fingerprint density at radius 2 is 1.54 bits per heavy atom. The number of amides is 1. The van der Waals surface area contributed by atoms with Gasteiger partial charge in [0.15, 0.2) is 0 Å². The number of aliphatic hydroxyl groups is 1. The molecule has 0 aliphatic rings. The molecule has 0 aromatic rings. The number of carbonyl (C=O) groups is 2. The van der Waals surface area contributed by atoms with Crippen LogP contribution in [-0.2, 0) is 23.8 Å². The van der Waals surface area contributed by atoms with Crippen molar-refractivity contribution in [2.24, 2.45) is 5.92 Å². The molecular weight excluding hydrogens is 314 g/mol. The topological polar surface area (TPSA) is 94.1 Å². The molecule has 0 aliphatic carbocycles. The highest BCUT2D eigenvalue weighted by Gasteiger charge is 2.06. The summed E-state index contributed by atoms with van der Waals surface area (Å²) in [7, 11) is 0. The van der Waals surface area contributed by atoms with Crippen LogP contribution in [0.4, 0.5) is 0 Å². The Kier molecular flexibility index (Phi) is 16.1. The maximum atomic E-state index is 11.5. The minimum atomic E-state index is -0.139. The molecule has 0 bridgehead atoms. The van der Waals surface area contributed by atoms with E-state index in [0.717, 1.165) is 19.3 Å². The van der Waals surface area contributed by atoms with Crippen LogP contribution in [0.1, 0.15) is 39.5 Å². The fourth-order valence-corrected chi connectivity index (χ4v) is 1.84. The third-order valence-corrected chi connectivity index (χ3v) is 3.28. The Morgan fingerprint density at radius 3 is 2.17 bits per heavy atom. The first-order valence-corrected chi connectivity index (χ1v) is 8.71. The Hall–Kier alpha value is -1.02. The van der Waals surface area contributed by atoms with Gasteiger partial charge >= 0.3 is 0 Å². The third-order valence-electron chi connectivity index (χ3n) is 3.28. The number of aliphatic hydroxyl groups excluding tert-OH is 1. The smallest absolute Gasteiger partial charge is 0.245 e. The second kappa shape index (κ2) is 16.8. The molecule has 0 atom stereocenters. The zero-order valence-corrected chi connectivity index (χ0v) is 15.1. The van der Waals surface area contributed by atoms with Gasteiger partial charge in [0.2, 0.25) is 5.91 Å². The van der Waals surface area contributed by atoms with Crippen molar-refractivity contribution in [3.63, 3.8) is 0 Å². The number of ketones is 1. The van der Waals surface area contributed by atoms with Crippen molar-refractivity contribution in [2.75, 3.05) is 52.8 Å². The minimum absolute atomic E-state index is 0.00823. The molecule has 142 valence electrons. The van der Waals surface area contributed by atoms with Crippen LogP contribution in [0.15, 0.2) is 0 Å². The van der Waals surface area contributed by atoms with Gasteiger partial charge in [0.25, 0.3) is 0 Å². The van der Waals surface area contributed by atoms with Crippen LogP contribution in [0.25, 0.3) is 0 Å². The van der Waals surface area contributed by atoms with Gasteiger partial charge in [-0.15, -0.1) is 0 Å². The van der Waals surface area contributed by atoms with E-state index in [-0.39, 0.29) is 25.0 Å². The normalized spacial score (nSPS) is 11.0. The SMILES string of the molecule is CC(C)C(=O)CCCCCNC(=O)COCCOCCOCCO. The van der Waals surface area contributed by atoms with E-state index >= 15 is 0 Å². The lowest BCUT2D eigenvalue weighted by molar-refractivity contribution is -0.126. The third kappa shape index (κ3) is 15.9. The van der Waals surface area contributed by atoms with Crippen LogP contribution in [0.5, 0.6) is 0 Å². The van der Waals surface area contributed by atoms with E-state index in [1.165, 1.54) is 0 Å². The van der Waals surface area contributed by atoms with Gasteiger partial charge in [-0.05, 0) is 12.8 Å². The molecule has 7 nitrogen and oxygen atoms in total. The quantitative estimate of drug-likeness (QED) is 0.380. The lowest BCUT2D eigenvalue weighted by atomic mass is 10.0. The van der Waals surface area contributed by atoms with E-state index < -0.39 is 0 Å². The summed E-state index contributed by atoms with van der Waals surface area (Å²) in [6.45, 7) is 6.41. The molecule has 0 rings (SSSR count). The number of rotatable bonds is 17. The molecule has 0 unspecified atom stereocenters. The Morgan fingerprint density at radius 1 is 0.917 bits per heavy atom. The minimum Gasteiger partial charge on any atom is -0.394 e. The molecule has 1 amide bonds. The van der Waals surface area contributed by atoms with Gasteiger partial charge < -0.3 is 24.6 Å². The van der Waals surface area contributed by atoms with Crippen molar-refractivity contribution in [3.8, 4) is 0 Å². The van der Waals surface area contributed by atoms with Gasteiger partial charge in [0.05, 0.1) is 39.6 Å². The first kappa shape index (κ1) is 23.0. The lowest BCUT2D eigenvalue weighted by Crippen LogP contribution is -2.29. The van der Waals surface area contributed by atoms with Gasteiger partial charge in [-0.25, -0.2) is 0 Å². The standard InChI is InChI=1S/C17H33NO6/c1-15(2)16(20)6-4-3-5-7-18-17(21)14-24-13-12-23-11-10-22-9-8-19/h15,19H,3-14H2,1-2H3,(H,18,21). The fraction of sp³-hybridized carbons (Fsp3) is 0.882. The molecule has 7 heteroatoms. The second-order valence-electron chi connectivity index (χ2n) is 5.78. The first-order chi connectivity index (χ1) is 11.6. The Labute approximate surface area is 145 Å². The predicted octanol–water partition coefficient (Wildman–Crippen LogP) is 0.930. The summed E-state index contributed by atoms with van der Waals surface area (Å²) in [6, 6.07) is 0. The van der Waals surface area contributed by atoms with E-state index in [1.807, 2.05) is 13.8 Å². The number of nitrogens with one attached hydrogen (secondary N) is 1. The summed E-state index contributed by atoms with van der Waals surface area (Å²) < 4.78 is 15.5. The number of hydrogen-bond donors (Lipinski definition) is 2. The molecule has 0 spiro atoms. The average molecular weight is 347 g/mol. The number of unbranched alkanes of at least 4 members (excludes halogenated alkanes) is 2. The number of ether oxygens (including phenoxy) is 3. The van der Waals surface area contributed by atoms with Crippen molar-refractivity contribution < 1.29 is 28.9 Å². The van der Waals surface area contributed by atoms with Crippen molar-refractivity contribution in [1.29, 1.82) is 0 Å². The zero-order valence-electron chi connectivity index (χ0n) is 15.1. The summed E-state index contributed by atoms with van der Waals surface area (Å²) in [5.74, 6) is 0.271. The van der Waals surface area contributed by atoms with Gasteiger partial charge in [-0.3, -0.25) is 9.59 Å². The van der Waals surface area contributed by atoms with Crippen LogP contribution in [0, 0.1) is 5.92 Å².